The molecular weight excluding hydrogens is 232 g/mol. The molecule has 68 valence electrons. The van der Waals surface area contributed by atoms with Crippen molar-refractivity contribution in [2.75, 3.05) is 5.73 Å². The Kier molecular flexibility index (Phi) is 2.72. The maximum Gasteiger partial charge on any atom is 0.131 e. The third-order valence-electron chi connectivity index (χ3n) is 1.78. The quantitative estimate of drug-likeness (QED) is 0.742. The number of pyridine rings is 1. The van der Waals surface area contributed by atoms with Gasteiger partial charge < -0.3 is 10.8 Å². The van der Waals surface area contributed by atoms with E-state index in [1.165, 1.54) is 0 Å². The van der Waals surface area contributed by atoms with Crippen molar-refractivity contribution in [3.63, 3.8) is 0 Å². The van der Waals surface area contributed by atoms with Gasteiger partial charge in [-0.1, -0.05) is 6.07 Å². The first-order valence-electron chi connectivity index (χ1n) is 3.60. The van der Waals surface area contributed by atoms with E-state index in [-0.39, 0.29) is 22.7 Å². The van der Waals surface area contributed by atoms with Crippen molar-refractivity contribution in [3.05, 3.63) is 30.5 Å². The summed E-state index contributed by atoms with van der Waals surface area (Å²) in [4.78, 5) is 3.92. The van der Waals surface area contributed by atoms with E-state index in [1.54, 1.807) is 18.3 Å². The Morgan fingerprint density at radius 3 is 2.77 bits per heavy atom. The van der Waals surface area contributed by atoms with Gasteiger partial charge in [0.2, 0.25) is 0 Å². The van der Waals surface area contributed by atoms with Crippen LogP contribution in [0.15, 0.2) is 30.5 Å². The summed E-state index contributed by atoms with van der Waals surface area (Å²) in [5.41, 5.74) is 5.60. The van der Waals surface area contributed by atoms with Crippen LogP contribution in [0.3, 0.4) is 0 Å². The Morgan fingerprint density at radius 2 is 2.00 bits per heavy atom. The molecule has 1 heterocycles. The van der Waals surface area contributed by atoms with Crippen LogP contribution in [-0.2, 0) is 0 Å². The predicted octanol–water partition coefficient (Wildman–Crippen LogP) is 2.10. The molecule has 2 aromatic rings. The smallest absolute Gasteiger partial charge is 0.131 e. The van der Waals surface area contributed by atoms with Gasteiger partial charge in [-0.05, 0) is 23.6 Å². The van der Waals surface area contributed by atoms with E-state index in [9.17, 15) is 5.11 Å². The van der Waals surface area contributed by atoms with Gasteiger partial charge in [-0.3, -0.25) is 0 Å². The van der Waals surface area contributed by atoms with Crippen LogP contribution in [0.2, 0.25) is 0 Å². The Morgan fingerprint density at radius 1 is 1.23 bits per heavy atom. The lowest BCUT2D eigenvalue weighted by molar-refractivity contribution is 0.476. The van der Waals surface area contributed by atoms with Crippen LogP contribution >= 0.6 is 17.0 Å². The van der Waals surface area contributed by atoms with Crippen LogP contribution in [0, 0.1) is 0 Å². The number of rotatable bonds is 0. The van der Waals surface area contributed by atoms with E-state index in [4.69, 9.17) is 5.73 Å². The van der Waals surface area contributed by atoms with E-state index in [2.05, 4.69) is 4.98 Å². The zero-order chi connectivity index (χ0) is 8.55. The first-order chi connectivity index (χ1) is 5.77. The summed E-state index contributed by atoms with van der Waals surface area (Å²) >= 11 is 0. The lowest BCUT2D eigenvalue weighted by atomic mass is 10.1. The molecule has 0 unspecified atom stereocenters. The number of phenols is 1. The highest BCUT2D eigenvalue weighted by Gasteiger charge is 1.98. The summed E-state index contributed by atoms with van der Waals surface area (Å²) in [7, 11) is 0. The monoisotopic (exact) mass is 240 g/mol. The third kappa shape index (κ3) is 1.72. The number of aromatic hydroxyl groups is 1. The number of phenolic OH excluding ortho intramolecular Hbond substituents is 1. The number of halogens is 1. The molecule has 0 aliphatic heterocycles. The van der Waals surface area contributed by atoms with Gasteiger partial charge in [0.1, 0.15) is 11.6 Å². The van der Waals surface area contributed by atoms with Gasteiger partial charge in [0.05, 0.1) is 0 Å². The van der Waals surface area contributed by atoms with Gasteiger partial charge in [-0.15, -0.1) is 17.0 Å². The largest absolute Gasteiger partial charge is 0.508 e. The minimum atomic E-state index is 0. The molecule has 3 N–H and O–H groups in total. The van der Waals surface area contributed by atoms with Gasteiger partial charge in [-0.25, -0.2) is 4.98 Å². The van der Waals surface area contributed by atoms with Crippen LogP contribution < -0.4 is 5.73 Å². The maximum absolute atomic E-state index is 9.17. The average Bonchev–Trinajstić information content (AvgIpc) is 2.07. The van der Waals surface area contributed by atoms with E-state index in [0.717, 1.165) is 10.8 Å². The van der Waals surface area contributed by atoms with E-state index < -0.39 is 0 Å². The zero-order valence-corrected chi connectivity index (χ0v) is 8.48. The number of fused-ring (bicyclic) bond motifs is 1. The summed E-state index contributed by atoms with van der Waals surface area (Å²) in [5, 5.41) is 10.9. The fourth-order valence-corrected chi connectivity index (χ4v) is 1.18. The molecule has 0 aliphatic rings. The zero-order valence-electron chi connectivity index (χ0n) is 6.77. The second-order valence-corrected chi connectivity index (χ2v) is 2.60. The average molecular weight is 241 g/mol. The van der Waals surface area contributed by atoms with Crippen LogP contribution in [0.1, 0.15) is 0 Å². The lowest BCUT2D eigenvalue weighted by Gasteiger charge is -2.00. The second kappa shape index (κ2) is 3.62. The highest BCUT2D eigenvalue weighted by molar-refractivity contribution is 8.93. The molecule has 1 aromatic heterocycles. The molecule has 0 atom stereocenters. The molecule has 1 aromatic carbocycles. The molecule has 0 radical (unpaired) electrons. The lowest BCUT2D eigenvalue weighted by Crippen LogP contribution is -1.89. The highest BCUT2D eigenvalue weighted by Crippen LogP contribution is 2.22. The Hall–Kier alpha value is -1.29. The number of benzene rings is 1. The summed E-state index contributed by atoms with van der Waals surface area (Å²) in [5.74, 6) is 0.658. The first kappa shape index (κ1) is 9.80. The molecular formula is C9H9BrN2O. The predicted molar refractivity (Wildman–Crippen MR) is 58.1 cm³/mol. The van der Waals surface area contributed by atoms with Gasteiger partial charge in [0, 0.05) is 11.6 Å². The van der Waals surface area contributed by atoms with E-state index in [1.807, 2.05) is 12.1 Å². The molecule has 0 aliphatic carbocycles. The SMILES string of the molecule is Br.Nc1nccc2ccc(O)cc12. The summed E-state index contributed by atoms with van der Waals surface area (Å²) in [6.07, 6.45) is 1.65. The number of nitrogens with zero attached hydrogens (tertiary/aromatic N) is 1. The normalized spacial score (nSPS) is 9.54. The van der Waals surface area contributed by atoms with Gasteiger partial charge in [0.15, 0.2) is 0 Å². The van der Waals surface area contributed by atoms with Crippen LogP contribution in [0.5, 0.6) is 5.75 Å². The van der Waals surface area contributed by atoms with Gasteiger partial charge in [0.25, 0.3) is 0 Å². The molecule has 0 saturated carbocycles. The van der Waals surface area contributed by atoms with Crippen molar-refractivity contribution in [1.82, 2.24) is 4.98 Å². The number of hydrogen-bond acceptors (Lipinski definition) is 3. The van der Waals surface area contributed by atoms with Gasteiger partial charge in [-0.2, -0.15) is 0 Å². The fraction of sp³-hybridized carbons (Fsp3) is 0. The Balaban J connectivity index is 0.000000845. The maximum atomic E-state index is 9.17. The Labute approximate surface area is 86.0 Å². The molecule has 4 heteroatoms. The third-order valence-corrected chi connectivity index (χ3v) is 1.78. The van der Waals surface area contributed by atoms with Crippen molar-refractivity contribution in [2.24, 2.45) is 0 Å². The summed E-state index contributed by atoms with van der Waals surface area (Å²) in [6.45, 7) is 0. The number of hydrogen-bond donors (Lipinski definition) is 2. The summed E-state index contributed by atoms with van der Waals surface area (Å²) < 4.78 is 0. The molecule has 0 fully saturated rings. The van der Waals surface area contributed by atoms with Crippen molar-refractivity contribution >= 4 is 33.6 Å². The standard InChI is InChI=1S/C9H8N2O.BrH/c10-9-8-5-7(12)2-1-6(8)3-4-11-9;/h1-5,12H,(H2,10,11);1H. The van der Waals surface area contributed by atoms with E-state index in [0.29, 0.717) is 5.82 Å². The number of anilines is 1. The van der Waals surface area contributed by atoms with Crippen molar-refractivity contribution in [3.8, 4) is 5.75 Å². The highest BCUT2D eigenvalue weighted by atomic mass is 79.9. The minimum absolute atomic E-state index is 0. The molecule has 0 amide bonds. The first-order valence-corrected chi connectivity index (χ1v) is 3.60. The molecule has 2 rings (SSSR count). The molecule has 13 heavy (non-hydrogen) atoms. The topological polar surface area (TPSA) is 59.1 Å². The molecule has 0 saturated heterocycles. The van der Waals surface area contributed by atoms with E-state index >= 15 is 0 Å². The van der Waals surface area contributed by atoms with Crippen LogP contribution in [0.4, 0.5) is 5.82 Å². The number of nitrogen functional groups attached to an aromatic ring is 1. The second-order valence-electron chi connectivity index (χ2n) is 2.60. The minimum Gasteiger partial charge on any atom is -0.508 e. The van der Waals surface area contributed by atoms with Crippen molar-refractivity contribution < 1.29 is 5.11 Å². The number of aromatic nitrogens is 1. The number of nitrogens with two attached hydrogens (primary N) is 1. The molecule has 3 nitrogen and oxygen atoms in total. The molecule has 0 spiro atoms. The van der Waals surface area contributed by atoms with Crippen LogP contribution in [0.25, 0.3) is 10.8 Å². The van der Waals surface area contributed by atoms with Crippen molar-refractivity contribution in [2.45, 2.75) is 0 Å². The van der Waals surface area contributed by atoms with Crippen LogP contribution in [-0.4, -0.2) is 10.1 Å². The molecule has 0 bridgehead atoms. The van der Waals surface area contributed by atoms with Gasteiger partial charge >= 0.3 is 0 Å². The summed E-state index contributed by atoms with van der Waals surface area (Å²) in [6, 6.07) is 6.90. The van der Waals surface area contributed by atoms with Crippen molar-refractivity contribution in [1.29, 1.82) is 0 Å². The fourth-order valence-electron chi connectivity index (χ4n) is 1.18. The Bertz CT molecular complexity index is 431.